The highest BCUT2D eigenvalue weighted by atomic mass is 16.3. The molecule has 0 radical (unpaired) electrons. The molecule has 1 saturated carbocycles. The normalized spacial score (nSPS) is 27.3. The summed E-state index contributed by atoms with van der Waals surface area (Å²) in [6, 6.07) is 10.00. The minimum Gasteiger partial charge on any atom is -0.391 e. The molecule has 2 heterocycles. The summed E-state index contributed by atoms with van der Waals surface area (Å²) in [5, 5.41) is 11.0. The SMILES string of the molecule is CN(CC(=O)N1CCC2(CC1)C[C@@H](O)[C@H](c1ccccc1)N(C)C2=O)C1CCCC1. The van der Waals surface area contributed by atoms with Crippen LogP contribution in [0.5, 0.6) is 0 Å². The van der Waals surface area contributed by atoms with Crippen molar-refractivity contribution in [2.45, 2.75) is 63.1 Å². The molecule has 1 aromatic carbocycles. The van der Waals surface area contributed by atoms with Crippen molar-refractivity contribution in [2.24, 2.45) is 5.41 Å². The third-order valence-electron chi connectivity index (χ3n) is 7.70. The fourth-order valence-corrected chi connectivity index (χ4v) is 5.84. The van der Waals surface area contributed by atoms with E-state index in [9.17, 15) is 14.7 Å². The van der Waals surface area contributed by atoms with Gasteiger partial charge in [-0.2, -0.15) is 0 Å². The van der Waals surface area contributed by atoms with Gasteiger partial charge in [0.25, 0.3) is 0 Å². The van der Waals surface area contributed by atoms with Gasteiger partial charge in [-0.1, -0.05) is 43.2 Å². The Morgan fingerprint density at radius 2 is 1.80 bits per heavy atom. The van der Waals surface area contributed by atoms with Gasteiger partial charge in [-0.05, 0) is 44.7 Å². The monoisotopic (exact) mass is 413 g/mol. The van der Waals surface area contributed by atoms with Crippen LogP contribution in [0.2, 0.25) is 0 Å². The van der Waals surface area contributed by atoms with E-state index in [0.717, 1.165) is 5.56 Å². The third kappa shape index (κ3) is 4.00. The Balaban J connectivity index is 1.38. The largest absolute Gasteiger partial charge is 0.391 e. The summed E-state index contributed by atoms with van der Waals surface area (Å²) in [6.45, 7) is 1.66. The zero-order valence-corrected chi connectivity index (χ0v) is 18.3. The van der Waals surface area contributed by atoms with Crippen LogP contribution in [0.4, 0.5) is 0 Å². The molecule has 1 aromatic rings. The fraction of sp³-hybridized carbons (Fsp3) is 0.667. The highest BCUT2D eigenvalue weighted by Gasteiger charge is 2.51. The van der Waals surface area contributed by atoms with Crippen LogP contribution in [-0.2, 0) is 9.59 Å². The number of benzene rings is 1. The molecule has 3 fully saturated rings. The van der Waals surface area contributed by atoms with Crippen LogP contribution in [0.1, 0.15) is 56.6 Å². The van der Waals surface area contributed by atoms with Crippen LogP contribution in [0.25, 0.3) is 0 Å². The van der Waals surface area contributed by atoms with Crippen molar-refractivity contribution < 1.29 is 14.7 Å². The van der Waals surface area contributed by atoms with Gasteiger partial charge in [0.05, 0.1) is 24.1 Å². The standard InChI is InChI=1S/C24H35N3O3/c1-25(19-10-6-7-11-19)17-21(29)27-14-12-24(13-15-27)16-20(28)22(26(2)23(24)30)18-8-4-3-5-9-18/h3-5,8-9,19-20,22,28H,6-7,10-17H2,1-2H3/t20-,22+/m1/s1. The van der Waals surface area contributed by atoms with Crippen LogP contribution >= 0.6 is 0 Å². The Bertz CT molecular complexity index is 754. The molecule has 2 saturated heterocycles. The highest BCUT2D eigenvalue weighted by Crippen LogP contribution is 2.46. The maximum atomic E-state index is 13.4. The zero-order chi connectivity index (χ0) is 21.3. The summed E-state index contributed by atoms with van der Waals surface area (Å²) in [5.41, 5.74) is 0.423. The number of hydrogen-bond acceptors (Lipinski definition) is 4. The Labute approximate surface area is 179 Å². The number of hydrogen-bond donors (Lipinski definition) is 1. The minimum atomic E-state index is -0.592. The van der Waals surface area contributed by atoms with E-state index in [1.165, 1.54) is 25.7 Å². The van der Waals surface area contributed by atoms with Gasteiger partial charge < -0.3 is 14.9 Å². The second-order valence-electron chi connectivity index (χ2n) is 9.56. The van der Waals surface area contributed by atoms with E-state index in [1.807, 2.05) is 35.2 Å². The van der Waals surface area contributed by atoms with E-state index in [0.29, 0.717) is 44.9 Å². The number of amides is 2. The molecular weight excluding hydrogens is 378 g/mol. The van der Waals surface area contributed by atoms with Crippen molar-refractivity contribution in [3.63, 3.8) is 0 Å². The first-order valence-corrected chi connectivity index (χ1v) is 11.4. The van der Waals surface area contributed by atoms with Gasteiger partial charge >= 0.3 is 0 Å². The van der Waals surface area contributed by atoms with E-state index in [2.05, 4.69) is 11.9 Å². The lowest BCUT2D eigenvalue weighted by atomic mass is 9.68. The summed E-state index contributed by atoms with van der Waals surface area (Å²) in [5.74, 6) is 0.274. The molecule has 30 heavy (non-hydrogen) atoms. The topological polar surface area (TPSA) is 64.1 Å². The summed E-state index contributed by atoms with van der Waals surface area (Å²) in [6.07, 6.45) is 6.05. The lowest BCUT2D eigenvalue weighted by Gasteiger charge is -2.50. The van der Waals surface area contributed by atoms with E-state index < -0.39 is 11.5 Å². The molecule has 2 aliphatic heterocycles. The molecule has 3 aliphatic rings. The van der Waals surface area contributed by atoms with E-state index in [4.69, 9.17) is 0 Å². The summed E-state index contributed by atoms with van der Waals surface area (Å²) in [7, 11) is 3.86. The molecule has 6 heteroatoms. The molecule has 0 bridgehead atoms. The number of aliphatic hydroxyl groups is 1. The highest BCUT2D eigenvalue weighted by molar-refractivity contribution is 5.85. The predicted molar refractivity (Wildman–Crippen MR) is 116 cm³/mol. The van der Waals surface area contributed by atoms with E-state index in [1.54, 1.807) is 11.9 Å². The van der Waals surface area contributed by atoms with Crippen molar-refractivity contribution in [1.82, 2.24) is 14.7 Å². The Morgan fingerprint density at radius 3 is 2.43 bits per heavy atom. The first-order chi connectivity index (χ1) is 14.4. The maximum absolute atomic E-state index is 13.4. The van der Waals surface area contributed by atoms with Gasteiger partial charge in [-0.3, -0.25) is 14.5 Å². The Hall–Kier alpha value is -1.92. The smallest absolute Gasteiger partial charge is 0.236 e. The summed E-state index contributed by atoms with van der Waals surface area (Å²) in [4.78, 5) is 32.0. The summed E-state index contributed by atoms with van der Waals surface area (Å²) >= 11 is 0. The Kier molecular flexibility index (Phi) is 6.16. The molecule has 0 aromatic heterocycles. The van der Waals surface area contributed by atoms with Crippen LogP contribution in [-0.4, -0.2) is 77.5 Å². The van der Waals surface area contributed by atoms with Crippen molar-refractivity contribution in [3.8, 4) is 0 Å². The van der Waals surface area contributed by atoms with Gasteiger partial charge in [0.2, 0.25) is 11.8 Å². The van der Waals surface area contributed by atoms with Crippen LogP contribution in [0.3, 0.4) is 0 Å². The number of likely N-dealkylation sites (N-methyl/N-ethyl adjacent to an activating group) is 2. The molecule has 1 N–H and O–H groups in total. The lowest BCUT2D eigenvalue weighted by molar-refractivity contribution is -0.163. The molecule has 2 amide bonds. The van der Waals surface area contributed by atoms with E-state index in [-0.39, 0.29) is 17.9 Å². The second-order valence-corrected chi connectivity index (χ2v) is 9.56. The van der Waals surface area contributed by atoms with Gasteiger partial charge in [0.1, 0.15) is 0 Å². The van der Waals surface area contributed by atoms with Crippen LogP contribution in [0, 0.1) is 5.41 Å². The quantitative estimate of drug-likeness (QED) is 0.824. The number of rotatable bonds is 4. The Morgan fingerprint density at radius 1 is 1.17 bits per heavy atom. The average molecular weight is 414 g/mol. The molecule has 1 spiro atoms. The molecule has 2 atom stereocenters. The van der Waals surface area contributed by atoms with Gasteiger partial charge in [-0.25, -0.2) is 0 Å². The van der Waals surface area contributed by atoms with Gasteiger partial charge in [0, 0.05) is 26.2 Å². The van der Waals surface area contributed by atoms with Crippen molar-refractivity contribution in [2.75, 3.05) is 33.7 Å². The number of carbonyl (C=O) groups excluding carboxylic acids is 2. The molecule has 0 unspecified atom stereocenters. The van der Waals surface area contributed by atoms with Crippen LogP contribution < -0.4 is 0 Å². The number of aliphatic hydroxyl groups excluding tert-OH is 1. The average Bonchev–Trinajstić information content (AvgIpc) is 3.29. The molecule has 164 valence electrons. The van der Waals surface area contributed by atoms with E-state index >= 15 is 0 Å². The van der Waals surface area contributed by atoms with Gasteiger partial charge in [-0.15, -0.1) is 0 Å². The van der Waals surface area contributed by atoms with Crippen molar-refractivity contribution >= 4 is 11.8 Å². The first-order valence-electron chi connectivity index (χ1n) is 11.4. The van der Waals surface area contributed by atoms with Crippen LogP contribution in [0.15, 0.2) is 30.3 Å². The molecular formula is C24H35N3O3. The summed E-state index contributed by atoms with van der Waals surface area (Å²) < 4.78 is 0. The minimum absolute atomic E-state index is 0.108. The number of likely N-dealkylation sites (tertiary alicyclic amines) is 2. The zero-order valence-electron chi connectivity index (χ0n) is 18.3. The fourth-order valence-electron chi connectivity index (χ4n) is 5.84. The maximum Gasteiger partial charge on any atom is 0.236 e. The molecule has 1 aliphatic carbocycles. The van der Waals surface area contributed by atoms with Crippen molar-refractivity contribution in [1.29, 1.82) is 0 Å². The molecule has 6 nitrogen and oxygen atoms in total. The lowest BCUT2D eigenvalue weighted by Crippen LogP contribution is -2.58. The number of carbonyl (C=O) groups is 2. The number of nitrogens with zero attached hydrogens (tertiary/aromatic N) is 3. The van der Waals surface area contributed by atoms with Gasteiger partial charge in [0.15, 0.2) is 0 Å². The van der Waals surface area contributed by atoms with Crippen molar-refractivity contribution in [3.05, 3.63) is 35.9 Å². The first kappa shape index (κ1) is 21.3. The number of piperidine rings is 2. The predicted octanol–water partition coefficient (Wildman–Crippen LogP) is 2.43. The third-order valence-corrected chi connectivity index (χ3v) is 7.70. The second kappa shape index (κ2) is 8.67. The molecule has 4 rings (SSSR count).